The van der Waals surface area contributed by atoms with Crippen molar-refractivity contribution in [3.8, 4) is 0 Å². The van der Waals surface area contributed by atoms with E-state index in [0.29, 0.717) is 13.2 Å². The molecule has 0 aliphatic carbocycles. The van der Waals surface area contributed by atoms with Crippen molar-refractivity contribution >= 4 is 7.27 Å². The summed E-state index contributed by atoms with van der Waals surface area (Å²) in [6.07, 6.45) is -0.0244. The molecule has 1 radical (unpaired) electrons. The molecule has 0 aromatic rings. The Balaban J connectivity index is 2.13. The zero-order valence-electron chi connectivity index (χ0n) is 5.78. The second-order valence-electron chi connectivity index (χ2n) is 2.46. The third-order valence-electron chi connectivity index (χ3n) is 1.64. The van der Waals surface area contributed by atoms with Gasteiger partial charge in [0.15, 0.2) is 0 Å². The van der Waals surface area contributed by atoms with Crippen LogP contribution in [0.25, 0.3) is 0 Å². The average molecular weight is 150 g/mol. The maximum Gasteiger partial charge on any atom is 0.286 e. The highest BCUT2D eigenvalue weighted by atomic mass is 19.2. The van der Waals surface area contributed by atoms with Crippen molar-refractivity contribution in [2.45, 2.75) is 0 Å². The molecule has 2 nitrogen and oxygen atoms in total. The van der Waals surface area contributed by atoms with Gasteiger partial charge in [0.05, 0.1) is 26.3 Å². The molecule has 0 atom stereocenters. The molecular weight excluding hydrogens is 139 g/mol. The number of hydrogen-bond donors (Lipinski definition) is 1. The van der Waals surface area contributed by atoms with Gasteiger partial charge in [-0.2, -0.15) is 0 Å². The first-order valence-electron chi connectivity index (χ1n) is 3.48. The normalized spacial score (nSPS) is 21.9. The molecule has 1 saturated heterocycles. The molecule has 1 fully saturated rings. The number of ether oxygens (including phenoxy) is 1. The molecule has 0 aromatic heterocycles. The second-order valence-corrected chi connectivity index (χ2v) is 2.46. The predicted molar refractivity (Wildman–Crippen MR) is 34.4 cm³/mol. The molecule has 59 valence electrons. The number of morpholine rings is 1. The number of rotatable bonds is 2. The second kappa shape index (κ2) is 3.88. The van der Waals surface area contributed by atoms with Gasteiger partial charge in [0.1, 0.15) is 0 Å². The minimum Gasteiger partial charge on any atom is -0.504 e. The fourth-order valence-electron chi connectivity index (χ4n) is 1.08. The van der Waals surface area contributed by atoms with Crippen LogP contribution in [-0.4, -0.2) is 40.0 Å². The Hall–Kier alpha value is -0.155. The molecule has 10 heavy (non-hydrogen) atoms. The van der Waals surface area contributed by atoms with Crippen LogP contribution in [0.5, 0.6) is 0 Å². The molecule has 0 amide bonds. The van der Waals surface area contributed by atoms with Crippen LogP contribution < -0.4 is 4.90 Å². The lowest BCUT2D eigenvalue weighted by atomic mass is 9.98. The smallest absolute Gasteiger partial charge is 0.286 e. The monoisotopic (exact) mass is 150 g/mol. The molecule has 1 aliphatic rings. The van der Waals surface area contributed by atoms with Gasteiger partial charge < -0.3 is 18.3 Å². The van der Waals surface area contributed by atoms with Crippen molar-refractivity contribution in [1.29, 1.82) is 0 Å². The topological polar surface area (TPSA) is 13.7 Å². The summed E-state index contributed by atoms with van der Waals surface area (Å²) in [5, 5.41) is 0. The van der Waals surface area contributed by atoms with E-state index in [2.05, 4.69) is 0 Å². The maximum absolute atomic E-state index is 11.8. The lowest BCUT2D eigenvalue weighted by Gasteiger charge is -2.26. The van der Waals surface area contributed by atoms with Crippen molar-refractivity contribution < 1.29 is 18.3 Å². The van der Waals surface area contributed by atoms with Crippen LogP contribution in [0.3, 0.4) is 0 Å². The van der Waals surface area contributed by atoms with Crippen LogP contribution in [0.2, 0.25) is 0 Å². The van der Waals surface area contributed by atoms with Gasteiger partial charge in [-0.1, -0.05) is 0 Å². The van der Waals surface area contributed by atoms with Crippen LogP contribution in [-0.2, 0) is 4.74 Å². The van der Waals surface area contributed by atoms with Crippen molar-refractivity contribution in [2.75, 3.05) is 32.7 Å². The van der Waals surface area contributed by atoms with E-state index in [4.69, 9.17) is 4.74 Å². The van der Waals surface area contributed by atoms with E-state index in [1.165, 1.54) is 0 Å². The highest BCUT2D eigenvalue weighted by molar-refractivity contribution is 6.42. The quantitative estimate of drug-likeness (QED) is 0.491. The molecule has 0 spiro atoms. The Morgan fingerprint density at radius 2 is 1.90 bits per heavy atom. The van der Waals surface area contributed by atoms with Gasteiger partial charge in [0.25, 0.3) is 7.27 Å². The Morgan fingerprint density at radius 3 is 2.40 bits per heavy atom. The summed E-state index contributed by atoms with van der Waals surface area (Å²) in [6, 6.07) is 0. The number of hydrogen-bond acceptors (Lipinski definition) is 1. The first-order valence-corrected chi connectivity index (χ1v) is 3.48. The van der Waals surface area contributed by atoms with E-state index in [1.807, 2.05) is 0 Å². The summed E-state index contributed by atoms with van der Waals surface area (Å²) in [6.45, 7) is 2.71. The van der Waals surface area contributed by atoms with E-state index in [9.17, 15) is 8.63 Å². The van der Waals surface area contributed by atoms with Crippen LogP contribution >= 0.6 is 0 Å². The molecular formula is C5H11BF2NO. The number of nitrogens with one attached hydrogen (secondary N) is 1. The summed E-state index contributed by atoms with van der Waals surface area (Å²) in [7, 11) is -2.17. The molecule has 5 heteroatoms. The predicted octanol–water partition coefficient (Wildman–Crippen LogP) is -1.13. The summed E-state index contributed by atoms with van der Waals surface area (Å²) in [5.74, 6) is 0. The Bertz CT molecular complexity index is 97.6. The van der Waals surface area contributed by atoms with E-state index in [-0.39, 0.29) is 6.44 Å². The van der Waals surface area contributed by atoms with Crippen LogP contribution in [0, 0.1) is 0 Å². The molecule has 0 unspecified atom stereocenters. The Morgan fingerprint density at radius 1 is 1.30 bits per heavy atom. The third-order valence-corrected chi connectivity index (χ3v) is 1.64. The van der Waals surface area contributed by atoms with Crippen LogP contribution in [0.1, 0.15) is 0 Å². The Kier molecular flexibility index (Phi) is 3.08. The van der Waals surface area contributed by atoms with Gasteiger partial charge in [0, 0.05) is 0 Å². The molecule has 1 N–H and O–H groups in total. The number of halogens is 2. The van der Waals surface area contributed by atoms with Gasteiger partial charge in [0.2, 0.25) is 0 Å². The zero-order valence-corrected chi connectivity index (χ0v) is 5.78. The van der Waals surface area contributed by atoms with Gasteiger partial charge >= 0.3 is 0 Å². The van der Waals surface area contributed by atoms with Crippen molar-refractivity contribution in [1.82, 2.24) is 0 Å². The lowest BCUT2D eigenvalue weighted by molar-refractivity contribution is -0.898. The first-order chi connectivity index (χ1) is 4.79. The Labute approximate surface area is 59.3 Å². The highest BCUT2D eigenvalue weighted by Gasteiger charge is 2.13. The summed E-state index contributed by atoms with van der Waals surface area (Å²) >= 11 is 0. The van der Waals surface area contributed by atoms with Crippen molar-refractivity contribution in [3.63, 3.8) is 0 Å². The first kappa shape index (κ1) is 7.95. The lowest BCUT2D eigenvalue weighted by Crippen LogP contribution is -3.15. The molecule has 0 bridgehead atoms. The number of quaternary nitrogens is 1. The molecule has 1 aliphatic heterocycles. The van der Waals surface area contributed by atoms with E-state index >= 15 is 0 Å². The SMILES string of the molecule is F[B-](F)C[NH+]1CCOCC1. The van der Waals surface area contributed by atoms with Gasteiger partial charge in [-0.3, -0.25) is 0 Å². The summed E-state index contributed by atoms with van der Waals surface area (Å²) in [5.41, 5.74) is 0. The minimum atomic E-state index is -2.17. The van der Waals surface area contributed by atoms with E-state index in [0.717, 1.165) is 18.0 Å². The fourth-order valence-corrected chi connectivity index (χ4v) is 1.08. The minimum absolute atomic E-state index is 0.0244. The molecule has 0 aromatic carbocycles. The molecule has 1 rings (SSSR count). The highest BCUT2D eigenvalue weighted by Crippen LogP contribution is 1.80. The summed E-state index contributed by atoms with van der Waals surface area (Å²) < 4.78 is 28.5. The summed E-state index contributed by atoms with van der Waals surface area (Å²) in [4.78, 5) is 0.959. The zero-order chi connectivity index (χ0) is 7.40. The largest absolute Gasteiger partial charge is 0.504 e. The fraction of sp³-hybridized carbons (Fsp3) is 1.00. The van der Waals surface area contributed by atoms with Gasteiger partial charge in [-0.05, 0) is 6.44 Å². The van der Waals surface area contributed by atoms with Gasteiger partial charge in [-0.15, -0.1) is 0 Å². The van der Waals surface area contributed by atoms with Crippen molar-refractivity contribution in [2.24, 2.45) is 0 Å². The molecule has 1 heterocycles. The third kappa shape index (κ3) is 2.62. The molecule has 0 saturated carbocycles. The van der Waals surface area contributed by atoms with E-state index < -0.39 is 7.27 Å². The van der Waals surface area contributed by atoms with Gasteiger partial charge in [-0.25, -0.2) is 0 Å². The van der Waals surface area contributed by atoms with Crippen molar-refractivity contribution in [3.05, 3.63) is 0 Å². The van der Waals surface area contributed by atoms with Crippen LogP contribution in [0.4, 0.5) is 8.63 Å². The maximum atomic E-state index is 11.8. The van der Waals surface area contributed by atoms with Crippen LogP contribution in [0.15, 0.2) is 0 Å². The average Bonchev–Trinajstić information content (AvgIpc) is 1.88. The standard InChI is InChI=1S/C5H10BF2NO/c7-6(8)5-9-1-3-10-4-2-9/h1-5H2/q-1/p+1. The van der Waals surface area contributed by atoms with E-state index in [1.54, 1.807) is 0 Å².